The van der Waals surface area contributed by atoms with E-state index in [1.54, 1.807) is 11.9 Å². The van der Waals surface area contributed by atoms with E-state index in [0.29, 0.717) is 6.54 Å². The summed E-state index contributed by atoms with van der Waals surface area (Å²) >= 11 is 0. The van der Waals surface area contributed by atoms with E-state index < -0.39 is 0 Å². The smallest absolute Gasteiger partial charge is 0.254 e. The quantitative estimate of drug-likeness (QED) is 0.376. The molecule has 1 aromatic rings. The molecule has 0 saturated carbocycles. The van der Waals surface area contributed by atoms with Crippen molar-refractivity contribution in [3.05, 3.63) is 34.9 Å². The lowest BCUT2D eigenvalue weighted by molar-refractivity contribution is 0.0784. The summed E-state index contributed by atoms with van der Waals surface area (Å²) in [4.78, 5) is 14.0. The molecule has 0 aliphatic carbocycles. The maximum absolute atomic E-state index is 12.4. The molecule has 5 nitrogen and oxygen atoms in total. The first-order valence-electron chi connectivity index (χ1n) is 6.17. The van der Waals surface area contributed by atoms with Crippen LogP contribution < -0.4 is 5.73 Å². The van der Waals surface area contributed by atoms with Crippen molar-refractivity contribution in [3.8, 4) is 0 Å². The Bertz CT molecular complexity index is 477. The third-order valence-corrected chi connectivity index (χ3v) is 3.21. The molecule has 0 bridgehead atoms. The minimum atomic E-state index is -0.191. The van der Waals surface area contributed by atoms with Gasteiger partial charge < -0.3 is 15.8 Å². The van der Waals surface area contributed by atoms with Gasteiger partial charge in [0.15, 0.2) is 0 Å². The number of nitrogens with two attached hydrogens (primary N) is 1. The van der Waals surface area contributed by atoms with E-state index in [2.05, 4.69) is 5.16 Å². The largest absolute Gasteiger partial charge is 0.409 e. The van der Waals surface area contributed by atoms with Crippen LogP contribution in [0.15, 0.2) is 23.4 Å². The minimum absolute atomic E-state index is 0.0480. The number of carbonyl (C=O) groups is 1. The van der Waals surface area contributed by atoms with Crippen LogP contribution in [-0.2, 0) is 0 Å². The Morgan fingerprint density at radius 2 is 1.95 bits per heavy atom. The van der Waals surface area contributed by atoms with Crippen molar-refractivity contribution in [3.63, 3.8) is 0 Å². The highest BCUT2D eigenvalue weighted by molar-refractivity contribution is 5.97. The average molecular weight is 263 g/mol. The summed E-state index contributed by atoms with van der Waals surface area (Å²) in [6, 6.07) is 5.77. The average Bonchev–Trinajstić information content (AvgIpc) is 2.37. The van der Waals surface area contributed by atoms with Gasteiger partial charge in [-0.1, -0.05) is 30.3 Å². The summed E-state index contributed by atoms with van der Waals surface area (Å²) in [5.41, 5.74) is 8.15. The van der Waals surface area contributed by atoms with Crippen molar-refractivity contribution >= 4 is 11.7 Å². The number of amidine groups is 1. The Morgan fingerprint density at radius 3 is 2.42 bits per heavy atom. The zero-order valence-electron chi connectivity index (χ0n) is 11.8. The predicted molar refractivity (Wildman–Crippen MR) is 75.4 cm³/mol. The lowest BCUT2D eigenvalue weighted by atomic mass is 10.0. The van der Waals surface area contributed by atoms with Crippen molar-refractivity contribution in [2.24, 2.45) is 16.8 Å². The van der Waals surface area contributed by atoms with Crippen LogP contribution in [0.25, 0.3) is 0 Å². The topological polar surface area (TPSA) is 78.9 Å². The third-order valence-electron chi connectivity index (χ3n) is 3.21. The molecule has 5 heteroatoms. The second kappa shape index (κ2) is 6.22. The lowest BCUT2D eigenvalue weighted by Gasteiger charge is -2.22. The van der Waals surface area contributed by atoms with Gasteiger partial charge in [0.2, 0.25) is 0 Å². The van der Waals surface area contributed by atoms with Gasteiger partial charge in [-0.25, -0.2) is 0 Å². The molecule has 0 saturated heterocycles. The monoisotopic (exact) mass is 263 g/mol. The van der Waals surface area contributed by atoms with Crippen molar-refractivity contribution < 1.29 is 10.0 Å². The molecule has 1 rings (SSSR count). The van der Waals surface area contributed by atoms with Crippen LogP contribution in [0.2, 0.25) is 0 Å². The van der Waals surface area contributed by atoms with E-state index in [1.807, 2.05) is 39.0 Å². The fourth-order valence-corrected chi connectivity index (χ4v) is 2.03. The van der Waals surface area contributed by atoms with Gasteiger partial charge in [-0.3, -0.25) is 4.79 Å². The van der Waals surface area contributed by atoms with E-state index in [4.69, 9.17) is 10.9 Å². The van der Waals surface area contributed by atoms with Crippen molar-refractivity contribution in [2.75, 3.05) is 13.6 Å². The number of oxime groups is 1. The van der Waals surface area contributed by atoms with Crippen molar-refractivity contribution in [1.82, 2.24) is 4.90 Å². The standard InChI is InChI=1S/C14H21N3O2/c1-9-6-5-7-10(2)12(9)14(18)17(4)8-11(3)13(15)16-19/h5-7,11,19H,8H2,1-4H3,(H2,15,16). The van der Waals surface area contributed by atoms with Crippen molar-refractivity contribution in [2.45, 2.75) is 20.8 Å². The summed E-state index contributed by atoms with van der Waals surface area (Å²) in [6.45, 7) is 6.05. The van der Waals surface area contributed by atoms with Gasteiger partial charge >= 0.3 is 0 Å². The maximum atomic E-state index is 12.4. The number of nitrogens with zero attached hydrogens (tertiary/aromatic N) is 2. The molecule has 0 spiro atoms. The van der Waals surface area contributed by atoms with Gasteiger partial charge in [-0.05, 0) is 25.0 Å². The summed E-state index contributed by atoms with van der Waals surface area (Å²) in [5.74, 6) is -0.113. The van der Waals surface area contributed by atoms with Gasteiger partial charge in [-0.2, -0.15) is 0 Å². The molecule has 19 heavy (non-hydrogen) atoms. The van der Waals surface area contributed by atoms with E-state index in [9.17, 15) is 4.79 Å². The zero-order valence-corrected chi connectivity index (χ0v) is 11.8. The SMILES string of the molecule is Cc1cccc(C)c1C(=O)N(C)CC(C)/C(N)=N/O. The summed E-state index contributed by atoms with van der Waals surface area (Å²) < 4.78 is 0. The van der Waals surface area contributed by atoms with Gasteiger partial charge in [0.05, 0.1) is 0 Å². The Balaban J connectivity index is 2.89. The molecular formula is C14H21N3O2. The molecule has 0 fully saturated rings. The highest BCUT2D eigenvalue weighted by Crippen LogP contribution is 2.16. The van der Waals surface area contributed by atoms with Crippen LogP contribution in [0, 0.1) is 19.8 Å². The predicted octanol–water partition coefficient (Wildman–Crippen LogP) is 1.76. The highest BCUT2D eigenvalue weighted by Gasteiger charge is 2.19. The highest BCUT2D eigenvalue weighted by atomic mass is 16.4. The Morgan fingerprint density at radius 1 is 1.42 bits per heavy atom. The Kier molecular flexibility index (Phi) is 4.92. The first kappa shape index (κ1) is 15.0. The fourth-order valence-electron chi connectivity index (χ4n) is 2.03. The lowest BCUT2D eigenvalue weighted by Crippen LogP contribution is -2.36. The first-order valence-corrected chi connectivity index (χ1v) is 6.17. The van der Waals surface area contributed by atoms with E-state index in [0.717, 1.165) is 16.7 Å². The van der Waals surface area contributed by atoms with Crippen LogP contribution in [0.3, 0.4) is 0 Å². The molecule has 0 aliphatic heterocycles. The second-order valence-corrected chi connectivity index (χ2v) is 4.88. The first-order chi connectivity index (χ1) is 8.88. The molecule has 0 radical (unpaired) electrons. The van der Waals surface area contributed by atoms with Crippen LogP contribution in [-0.4, -0.2) is 35.4 Å². The van der Waals surface area contributed by atoms with Crippen LogP contribution in [0.1, 0.15) is 28.4 Å². The molecule has 1 unspecified atom stereocenters. The normalized spacial score (nSPS) is 13.2. The summed E-state index contributed by atoms with van der Waals surface area (Å²) in [6.07, 6.45) is 0. The van der Waals surface area contributed by atoms with E-state index >= 15 is 0 Å². The number of aryl methyl sites for hydroxylation is 2. The minimum Gasteiger partial charge on any atom is -0.409 e. The fraction of sp³-hybridized carbons (Fsp3) is 0.429. The van der Waals surface area contributed by atoms with Crippen LogP contribution in [0.4, 0.5) is 0 Å². The van der Waals surface area contributed by atoms with Crippen LogP contribution in [0.5, 0.6) is 0 Å². The number of amides is 1. The number of hydrogen-bond acceptors (Lipinski definition) is 3. The number of hydrogen-bond donors (Lipinski definition) is 2. The molecule has 0 aromatic heterocycles. The number of carbonyl (C=O) groups excluding carboxylic acids is 1. The molecule has 1 amide bonds. The summed E-state index contributed by atoms with van der Waals surface area (Å²) in [7, 11) is 1.72. The molecular weight excluding hydrogens is 242 g/mol. The molecule has 104 valence electrons. The number of rotatable bonds is 4. The summed E-state index contributed by atoms with van der Waals surface area (Å²) in [5, 5.41) is 11.6. The van der Waals surface area contributed by atoms with Gasteiger partial charge in [0.1, 0.15) is 5.84 Å². The van der Waals surface area contributed by atoms with Gasteiger partial charge in [0.25, 0.3) is 5.91 Å². The van der Waals surface area contributed by atoms with Crippen LogP contribution >= 0.6 is 0 Å². The number of benzene rings is 1. The van der Waals surface area contributed by atoms with E-state index in [1.165, 1.54) is 0 Å². The second-order valence-electron chi connectivity index (χ2n) is 4.88. The molecule has 1 atom stereocenters. The molecule has 0 heterocycles. The van der Waals surface area contributed by atoms with Crippen molar-refractivity contribution in [1.29, 1.82) is 0 Å². The Hall–Kier alpha value is -2.04. The molecule has 0 aliphatic rings. The van der Waals surface area contributed by atoms with Gasteiger partial charge in [-0.15, -0.1) is 0 Å². The molecule has 1 aromatic carbocycles. The third kappa shape index (κ3) is 3.47. The Labute approximate surface area is 113 Å². The maximum Gasteiger partial charge on any atom is 0.254 e. The zero-order chi connectivity index (χ0) is 14.6. The van der Waals surface area contributed by atoms with E-state index in [-0.39, 0.29) is 17.7 Å². The van der Waals surface area contributed by atoms with Gasteiger partial charge in [0, 0.05) is 25.1 Å². The molecule has 3 N–H and O–H groups in total.